The summed E-state index contributed by atoms with van der Waals surface area (Å²) in [4.78, 5) is 25.8. The van der Waals surface area contributed by atoms with Crippen LogP contribution < -0.4 is 10.1 Å². The van der Waals surface area contributed by atoms with Crippen LogP contribution in [0, 0.1) is 5.92 Å². The van der Waals surface area contributed by atoms with Crippen molar-refractivity contribution in [2.45, 2.75) is 45.8 Å². The minimum Gasteiger partial charge on any atom is -0.493 e. The van der Waals surface area contributed by atoms with Crippen LogP contribution in [0.15, 0.2) is 42.9 Å². The molecule has 0 atom stereocenters. The summed E-state index contributed by atoms with van der Waals surface area (Å²) < 4.78 is 5.73. The van der Waals surface area contributed by atoms with Gasteiger partial charge in [0.1, 0.15) is 5.75 Å². The molecule has 2 heterocycles. The summed E-state index contributed by atoms with van der Waals surface area (Å²) in [6.07, 6.45) is 6.98. The van der Waals surface area contributed by atoms with Gasteiger partial charge in [-0.2, -0.15) is 0 Å². The van der Waals surface area contributed by atoms with E-state index in [9.17, 15) is 4.79 Å². The lowest BCUT2D eigenvalue weighted by molar-refractivity contribution is 0.126. The number of carbonyl (C=O) groups is 1. The maximum Gasteiger partial charge on any atom is 0.318 e. The molecule has 1 aromatic heterocycles. The molecule has 0 radical (unpaired) electrons. The number of hydrogen-bond acceptors (Lipinski definition) is 5. The van der Waals surface area contributed by atoms with Crippen LogP contribution in [0.3, 0.4) is 0 Å². The Balaban J connectivity index is 1.59. The molecule has 1 aliphatic heterocycles. The van der Waals surface area contributed by atoms with Crippen molar-refractivity contribution in [3.8, 4) is 5.75 Å². The van der Waals surface area contributed by atoms with Crippen LogP contribution >= 0.6 is 0 Å². The number of benzene rings is 1. The summed E-state index contributed by atoms with van der Waals surface area (Å²) in [5.74, 6) is 1.35. The second-order valence-electron chi connectivity index (χ2n) is 8.37. The van der Waals surface area contributed by atoms with Crippen LogP contribution in [0.5, 0.6) is 5.75 Å². The van der Waals surface area contributed by atoms with Gasteiger partial charge in [-0.25, -0.2) is 4.79 Å². The second kappa shape index (κ2) is 10.9. The first-order valence-electron chi connectivity index (χ1n) is 10.7. The molecular formula is C23H33N5O2. The highest BCUT2D eigenvalue weighted by Crippen LogP contribution is 2.18. The van der Waals surface area contributed by atoms with E-state index in [4.69, 9.17) is 4.74 Å². The number of urea groups is 1. The number of hydrogen-bond donors (Lipinski definition) is 1. The Bertz CT molecular complexity index is 774. The van der Waals surface area contributed by atoms with Crippen molar-refractivity contribution < 1.29 is 9.53 Å². The number of aromatic nitrogens is 2. The predicted octanol–water partition coefficient (Wildman–Crippen LogP) is 3.32. The second-order valence-corrected chi connectivity index (χ2v) is 8.37. The first-order valence-corrected chi connectivity index (χ1v) is 10.7. The lowest BCUT2D eigenvalue weighted by Gasteiger charge is -2.37. The maximum atomic E-state index is 13.1. The van der Waals surface area contributed by atoms with Crippen LogP contribution in [0.4, 0.5) is 4.79 Å². The van der Waals surface area contributed by atoms with E-state index in [0.29, 0.717) is 25.6 Å². The third-order valence-corrected chi connectivity index (χ3v) is 5.29. The Hall–Kier alpha value is -2.67. The summed E-state index contributed by atoms with van der Waals surface area (Å²) in [6, 6.07) is 8.05. The molecule has 1 aromatic carbocycles. The molecule has 2 amide bonds. The molecule has 0 saturated carbocycles. The van der Waals surface area contributed by atoms with Crippen molar-refractivity contribution in [1.29, 1.82) is 0 Å². The molecule has 162 valence electrons. The van der Waals surface area contributed by atoms with Gasteiger partial charge in [0, 0.05) is 25.0 Å². The molecule has 0 aliphatic carbocycles. The summed E-state index contributed by atoms with van der Waals surface area (Å²) in [5, 5.41) is 3.08. The van der Waals surface area contributed by atoms with E-state index in [1.165, 1.54) is 0 Å². The first kappa shape index (κ1) is 22.0. The van der Waals surface area contributed by atoms with E-state index < -0.39 is 0 Å². The SMILES string of the molecule is CC(C)COc1ccc(CNC(=O)N(Cc2cnccn2)C2CCN(C)CC2)cc1. The highest BCUT2D eigenvalue weighted by molar-refractivity contribution is 5.74. The molecule has 30 heavy (non-hydrogen) atoms. The summed E-state index contributed by atoms with van der Waals surface area (Å²) >= 11 is 0. The van der Waals surface area contributed by atoms with Crippen LogP contribution in [0.1, 0.15) is 37.9 Å². The average molecular weight is 412 g/mol. The molecule has 1 aliphatic rings. The lowest BCUT2D eigenvalue weighted by Crippen LogP contribution is -2.49. The van der Waals surface area contributed by atoms with Crippen molar-refractivity contribution in [3.05, 3.63) is 54.1 Å². The number of nitrogens with zero attached hydrogens (tertiary/aromatic N) is 4. The van der Waals surface area contributed by atoms with Gasteiger partial charge in [-0.1, -0.05) is 26.0 Å². The number of nitrogens with one attached hydrogen (secondary N) is 1. The lowest BCUT2D eigenvalue weighted by atomic mass is 10.0. The minimum atomic E-state index is -0.0599. The first-order chi connectivity index (χ1) is 14.5. The Morgan fingerprint density at radius 1 is 1.23 bits per heavy atom. The van der Waals surface area contributed by atoms with Gasteiger partial charge in [-0.15, -0.1) is 0 Å². The zero-order chi connectivity index (χ0) is 21.3. The van der Waals surface area contributed by atoms with Crippen LogP contribution in [-0.4, -0.2) is 58.6 Å². The monoisotopic (exact) mass is 411 g/mol. The fraction of sp³-hybridized carbons (Fsp3) is 0.522. The van der Waals surface area contributed by atoms with Gasteiger partial charge >= 0.3 is 6.03 Å². The Morgan fingerprint density at radius 3 is 2.60 bits per heavy atom. The smallest absolute Gasteiger partial charge is 0.318 e. The van der Waals surface area contributed by atoms with E-state index in [1.807, 2.05) is 29.2 Å². The number of amides is 2. The Morgan fingerprint density at radius 2 is 1.97 bits per heavy atom. The van der Waals surface area contributed by atoms with E-state index in [2.05, 4.69) is 41.1 Å². The third-order valence-electron chi connectivity index (χ3n) is 5.29. The number of rotatable bonds is 8. The van der Waals surface area contributed by atoms with E-state index in [1.54, 1.807) is 18.6 Å². The van der Waals surface area contributed by atoms with Gasteiger partial charge in [0.05, 0.1) is 25.0 Å². The molecule has 1 fully saturated rings. The molecule has 3 rings (SSSR count). The van der Waals surface area contributed by atoms with Gasteiger partial charge in [0.15, 0.2) is 0 Å². The topological polar surface area (TPSA) is 70.6 Å². The molecule has 2 aromatic rings. The average Bonchev–Trinajstić information content (AvgIpc) is 2.76. The minimum absolute atomic E-state index is 0.0599. The summed E-state index contributed by atoms with van der Waals surface area (Å²) in [5.41, 5.74) is 1.85. The van der Waals surface area contributed by atoms with Gasteiger partial charge in [0.25, 0.3) is 0 Å². The molecule has 7 nitrogen and oxygen atoms in total. The van der Waals surface area contributed by atoms with Gasteiger partial charge < -0.3 is 19.9 Å². The Kier molecular flexibility index (Phi) is 8.02. The van der Waals surface area contributed by atoms with Crippen molar-refractivity contribution in [2.24, 2.45) is 5.92 Å². The van der Waals surface area contributed by atoms with Crippen LogP contribution in [0.2, 0.25) is 0 Å². The molecule has 0 spiro atoms. The Labute approximate surface area is 179 Å². The number of piperidine rings is 1. The van der Waals surface area contributed by atoms with E-state index in [0.717, 1.165) is 42.9 Å². The fourth-order valence-corrected chi connectivity index (χ4v) is 3.51. The number of carbonyl (C=O) groups excluding carboxylic acids is 1. The predicted molar refractivity (Wildman–Crippen MR) is 117 cm³/mol. The number of likely N-dealkylation sites (tertiary alicyclic amines) is 1. The van der Waals surface area contributed by atoms with Gasteiger partial charge in [0.2, 0.25) is 0 Å². The highest BCUT2D eigenvalue weighted by atomic mass is 16.5. The van der Waals surface area contributed by atoms with E-state index in [-0.39, 0.29) is 12.1 Å². The quantitative estimate of drug-likeness (QED) is 0.722. The molecule has 0 bridgehead atoms. The zero-order valence-corrected chi connectivity index (χ0v) is 18.3. The van der Waals surface area contributed by atoms with Crippen molar-refractivity contribution in [2.75, 3.05) is 26.7 Å². The molecule has 7 heteroatoms. The zero-order valence-electron chi connectivity index (χ0n) is 18.3. The molecule has 1 N–H and O–H groups in total. The molecular weight excluding hydrogens is 378 g/mol. The van der Waals surface area contributed by atoms with E-state index >= 15 is 0 Å². The normalized spacial score (nSPS) is 15.2. The largest absolute Gasteiger partial charge is 0.493 e. The third kappa shape index (κ3) is 6.69. The van der Waals surface area contributed by atoms with Crippen LogP contribution in [0.25, 0.3) is 0 Å². The maximum absolute atomic E-state index is 13.1. The highest BCUT2D eigenvalue weighted by Gasteiger charge is 2.27. The summed E-state index contributed by atoms with van der Waals surface area (Å²) in [6.45, 7) is 7.88. The fourth-order valence-electron chi connectivity index (χ4n) is 3.51. The molecule has 0 unspecified atom stereocenters. The standard InChI is InChI=1S/C23H33N5O2/c1-18(2)17-30-22-6-4-19(5-7-22)14-26-23(29)28(16-20-15-24-10-11-25-20)21-8-12-27(3)13-9-21/h4-7,10-11,15,18,21H,8-9,12-14,16-17H2,1-3H3,(H,26,29). The van der Waals surface area contributed by atoms with Gasteiger partial charge in [-0.05, 0) is 56.6 Å². The van der Waals surface area contributed by atoms with Crippen molar-refractivity contribution in [1.82, 2.24) is 25.1 Å². The van der Waals surface area contributed by atoms with Crippen LogP contribution in [-0.2, 0) is 13.1 Å². The summed E-state index contributed by atoms with van der Waals surface area (Å²) in [7, 11) is 2.12. The van der Waals surface area contributed by atoms with Crippen molar-refractivity contribution >= 4 is 6.03 Å². The molecule has 1 saturated heterocycles. The van der Waals surface area contributed by atoms with Gasteiger partial charge in [-0.3, -0.25) is 9.97 Å². The number of ether oxygens (including phenoxy) is 1. The van der Waals surface area contributed by atoms with Crippen molar-refractivity contribution in [3.63, 3.8) is 0 Å².